The van der Waals surface area contributed by atoms with Gasteiger partial charge >= 0.3 is 5.76 Å². The Kier molecular flexibility index (Phi) is 6.06. The Morgan fingerprint density at radius 3 is 2.33 bits per heavy atom. The maximum Gasteiger partial charge on any atom is 0.341 e. The number of amides is 1. The van der Waals surface area contributed by atoms with E-state index in [2.05, 4.69) is 10.3 Å². The number of hydrogen-bond donors (Lipinski definition) is 1. The van der Waals surface area contributed by atoms with Crippen LogP contribution in [0.1, 0.15) is 10.4 Å². The van der Waals surface area contributed by atoms with Crippen molar-refractivity contribution in [3.63, 3.8) is 0 Å². The molecule has 0 aliphatic heterocycles. The molecule has 9 heteroatoms. The maximum atomic E-state index is 13.2. The SMILES string of the molecule is COc1ccc(-c2cc(C(=O)Nc3ccccc3S(=O)(=O)C(F)F)c3ccccc3n2)cc1. The lowest BCUT2D eigenvalue weighted by molar-refractivity contribution is 0.102. The minimum absolute atomic E-state index is 0.218. The molecule has 0 aliphatic rings. The van der Waals surface area contributed by atoms with Crippen LogP contribution in [0.4, 0.5) is 14.5 Å². The molecule has 1 N–H and O–H groups in total. The van der Waals surface area contributed by atoms with Crippen molar-refractivity contribution in [1.29, 1.82) is 0 Å². The number of halogens is 2. The normalized spacial score (nSPS) is 11.5. The van der Waals surface area contributed by atoms with Crippen LogP contribution in [0.2, 0.25) is 0 Å². The number of nitrogens with one attached hydrogen (secondary N) is 1. The first-order valence-electron chi connectivity index (χ1n) is 9.78. The van der Waals surface area contributed by atoms with E-state index >= 15 is 0 Å². The van der Waals surface area contributed by atoms with Crippen LogP contribution in [0.3, 0.4) is 0 Å². The molecule has 0 atom stereocenters. The van der Waals surface area contributed by atoms with Gasteiger partial charge in [0.2, 0.25) is 9.84 Å². The van der Waals surface area contributed by atoms with Gasteiger partial charge in [-0.15, -0.1) is 0 Å². The molecule has 0 bridgehead atoms. The third kappa shape index (κ3) is 4.40. The molecule has 33 heavy (non-hydrogen) atoms. The summed E-state index contributed by atoms with van der Waals surface area (Å²) in [6.07, 6.45) is 0. The van der Waals surface area contributed by atoms with Crippen molar-refractivity contribution < 1.29 is 26.7 Å². The summed E-state index contributed by atoms with van der Waals surface area (Å²) < 4.78 is 55.5. The Balaban J connectivity index is 1.79. The van der Waals surface area contributed by atoms with Gasteiger partial charge in [0, 0.05) is 10.9 Å². The Bertz CT molecular complexity index is 1440. The summed E-state index contributed by atoms with van der Waals surface area (Å²) in [7, 11) is -3.35. The number of fused-ring (bicyclic) bond motifs is 1. The topological polar surface area (TPSA) is 85.4 Å². The van der Waals surface area contributed by atoms with Gasteiger partial charge in [-0.1, -0.05) is 30.3 Å². The highest BCUT2D eigenvalue weighted by molar-refractivity contribution is 7.91. The molecule has 6 nitrogen and oxygen atoms in total. The number of alkyl halides is 2. The number of ether oxygens (including phenoxy) is 1. The summed E-state index contributed by atoms with van der Waals surface area (Å²) in [6, 6.07) is 20.7. The molecule has 168 valence electrons. The van der Waals surface area contributed by atoms with E-state index in [1.54, 1.807) is 61.7 Å². The van der Waals surface area contributed by atoms with Crippen molar-refractivity contribution in [2.45, 2.75) is 10.7 Å². The smallest absolute Gasteiger partial charge is 0.341 e. The minimum Gasteiger partial charge on any atom is -0.497 e. The van der Waals surface area contributed by atoms with Gasteiger partial charge in [-0.3, -0.25) is 4.79 Å². The maximum absolute atomic E-state index is 13.2. The van der Waals surface area contributed by atoms with Crippen molar-refractivity contribution >= 4 is 32.3 Å². The van der Waals surface area contributed by atoms with Crippen LogP contribution < -0.4 is 10.1 Å². The number of carbonyl (C=O) groups excluding carboxylic acids is 1. The minimum atomic E-state index is -4.91. The van der Waals surface area contributed by atoms with Gasteiger partial charge in [-0.05, 0) is 48.5 Å². The summed E-state index contributed by atoms with van der Waals surface area (Å²) >= 11 is 0. The zero-order chi connectivity index (χ0) is 23.6. The quantitative estimate of drug-likeness (QED) is 0.423. The fourth-order valence-corrected chi connectivity index (χ4v) is 4.26. The molecule has 0 aliphatic carbocycles. The van der Waals surface area contributed by atoms with Crippen LogP contribution in [-0.2, 0) is 9.84 Å². The zero-order valence-electron chi connectivity index (χ0n) is 17.3. The van der Waals surface area contributed by atoms with Crippen LogP contribution in [0.5, 0.6) is 5.75 Å². The molecular weight excluding hydrogens is 450 g/mol. The van der Waals surface area contributed by atoms with Crippen molar-refractivity contribution in [3.8, 4) is 17.0 Å². The highest BCUT2D eigenvalue weighted by Gasteiger charge is 2.29. The second kappa shape index (κ2) is 8.95. The van der Waals surface area contributed by atoms with Gasteiger partial charge < -0.3 is 10.1 Å². The summed E-state index contributed by atoms with van der Waals surface area (Å²) in [5.41, 5.74) is 1.78. The Morgan fingerprint density at radius 1 is 0.970 bits per heavy atom. The van der Waals surface area contributed by atoms with Gasteiger partial charge in [0.15, 0.2) is 0 Å². The van der Waals surface area contributed by atoms with E-state index in [1.165, 1.54) is 18.2 Å². The first-order valence-corrected chi connectivity index (χ1v) is 11.3. The number of hydrogen-bond acceptors (Lipinski definition) is 5. The fraction of sp³-hybridized carbons (Fsp3) is 0.0833. The van der Waals surface area contributed by atoms with Gasteiger partial charge in [-0.25, -0.2) is 13.4 Å². The lowest BCUT2D eigenvalue weighted by Gasteiger charge is -2.13. The average Bonchev–Trinajstić information content (AvgIpc) is 2.83. The molecular formula is C24H18F2N2O4S. The first-order chi connectivity index (χ1) is 15.8. The van der Waals surface area contributed by atoms with Crippen LogP contribution in [-0.4, -0.2) is 32.2 Å². The van der Waals surface area contributed by atoms with Crippen molar-refractivity contribution in [1.82, 2.24) is 4.98 Å². The average molecular weight is 468 g/mol. The number of pyridine rings is 1. The number of para-hydroxylation sites is 2. The van der Waals surface area contributed by atoms with Gasteiger partial charge in [-0.2, -0.15) is 8.78 Å². The molecule has 0 unspecified atom stereocenters. The fourth-order valence-electron chi connectivity index (χ4n) is 3.38. The van der Waals surface area contributed by atoms with E-state index in [0.717, 1.165) is 11.6 Å². The number of methoxy groups -OCH3 is 1. The predicted octanol–water partition coefficient (Wildman–Crippen LogP) is 5.16. The standard InChI is InChI=1S/C24H18F2N2O4S/c1-32-16-12-10-15(11-13-16)21-14-18(17-6-2-3-7-19(17)27-21)23(29)28-20-8-4-5-9-22(20)33(30,31)24(25)26/h2-14,24H,1H3,(H,28,29). The molecule has 3 aromatic carbocycles. The van der Waals surface area contributed by atoms with E-state index in [1.807, 2.05) is 0 Å². The molecule has 0 fully saturated rings. The molecule has 4 rings (SSSR count). The Morgan fingerprint density at radius 2 is 1.64 bits per heavy atom. The molecule has 4 aromatic rings. The number of anilines is 1. The summed E-state index contributed by atoms with van der Waals surface area (Å²) in [5.74, 6) is -3.60. The third-order valence-electron chi connectivity index (χ3n) is 5.02. The monoisotopic (exact) mass is 468 g/mol. The van der Waals surface area contributed by atoms with Crippen LogP contribution in [0, 0.1) is 0 Å². The number of sulfone groups is 1. The van der Waals surface area contributed by atoms with Crippen LogP contribution >= 0.6 is 0 Å². The van der Waals surface area contributed by atoms with Crippen LogP contribution in [0.25, 0.3) is 22.2 Å². The zero-order valence-corrected chi connectivity index (χ0v) is 18.1. The number of benzene rings is 3. The van der Waals surface area contributed by atoms with Crippen molar-refractivity contribution in [3.05, 3.63) is 84.4 Å². The Labute approximate surface area is 188 Å². The van der Waals surface area contributed by atoms with Gasteiger partial charge in [0.1, 0.15) is 5.75 Å². The number of carbonyl (C=O) groups is 1. The highest BCUT2D eigenvalue weighted by Crippen LogP contribution is 2.29. The van der Waals surface area contributed by atoms with Crippen molar-refractivity contribution in [2.24, 2.45) is 0 Å². The third-order valence-corrected chi connectivity index (χ3v) is 6.46. The molecule has 0 saturated carbocycles. The Hall–Kier alpha value is -3.85. The first kappa shape index (κ1) is 22.3. The number of nitrogens with zero attached hydrogens (tertiary/aromatic N) is 1. The molecule has 0 radical (unpaired) electrons. The molecule has 1 amide bonds. The molecule has 1 heterocycles. The summed E-state index contributed by atoms with van der Waals surface area (Å²) in [6.45, 7) is 0. The van der Waals surface area contributed by atoms with E-state index < -0.39 is 26.4 Å². The van der Waals surface area contributed by atoms with Gasteiger partial charge in [0.25, 0.3) is 5.91 Å². The lowest BCUT2D eigenvalue weighted by Crippen LogP contribution is -2.18. The molecule has 0 saturated heterocycles. The lowest BCUT2D eigenvalue weighted by atomic mass is 10.0. The van der Waals surface area contributed by atoms with Crippen LogP contribution in [0.15, 0.2) is 83.8 Å². The van der Waals surface area contributed by atoms with E-state index in [9.17, 15) is 22.0 Å². The highest BCUT2D eigenvalue weighted by atomic mass is 32.2. The summed E-state index contributed by atoms with van der Waals surface area (Å²) in [4.78, 5) is 17.2. The second-order valence-electron chi connectivity index (χ2n) is 7.06. The van der Waals surface area contributed by atoms with Crippen molar-refractivity contribution in [2.75, 3.05) is 12.4 Å². The molecule has 1 aromatic heterocycles. The number of aromatic nitrogens is 1. The van der Waals surface area contributed by atoms with E-state index in [4.69, 9.17) is 4.74 Å². The predicted molar refractivity (Wildman–Crippen MR) is 121 cm³/mol. The largest absolute Gasteiger partial charge is 0.497 e. The van der Waals surface area contributed by atoms with E-state index in [-0.39, 0.29) is 11.3 Å². The molecule has 0 spiro atoms. The summed E-state index contributed by atoms with van der Waals surface area (Å²) in [5, 5.41) is 3.01. The number of rotatable bonds is 6. The van der Waals surface area contributed by atoms with Gasteiger partial charge in [0.05, 0.1) is 34.5 Å². The second-order valence-corrected chi connectivity index (χ2v) is 8.94. The van der Waals surface area contributed by atoms with E-state index in [0.29, 0.717) is 22.3 Å².